The summed E-state index contributed by atoms with van der Waals surface area (Å²) < 4.78 is 5.13. The Bertz CT molecular complexity index is 398. The lowest BCUT2D eigenvalue weighted by Gasteiger charge is -2.11. The van der Waals surface area contributed by atoms with Crippen LogP contribution in [0.1, 0.15) is 18.9 Å². The summed E-state index contributed by atoms with van der Waals surface area (Å²) in [5.41, 5.74) is 1.12. The highest BCUT2D eigenvalue weighted by atomic mass is 16.6. The van der Waals surface area contributed by atoms with Gasteiger partial charge in [0.15, 0.2) is 0 Å². The molecular weight excluding hydrogens is 202 g/mol. The second-order valence-corrected chi connectivity index (χ2v) is 3.79. The van der Waals surface area contributed by atoms with Crippen LogP contribution in [0.2, 0.25) is 0 Å². The number of hydrogen-bond donors (Lipinski definition) is 0. The first-order valence-electron chi connectivity index (χ1n) is 5.49. The van der Waals surface area contributed by atoms with E-state index in [-0.39, 0.29) is 6.09 Å². The maximum absolute atomic E-state index is 11.5. The van der Waals surface area contributed by atoms with Crippen molar-refractivity contribution in [3.05, 3.63) is 47.7 Å². The summed E-state index contributed by atoms with van der Waals surface area (Å²) in [5.74, 6) is 0.767. The quantitative estimate of drug-likeness (QED) is 0.779. The zero-order valence-electron chi connectivity index (χ0n) is 9.35. The maximum Gasteiger partial charge on any atom is 0.415 e. The molecule has 0 aromatic heterocycles. The molecule has 0 unspecified atom stereocenters. The van der Waals surface area contributed by atoms with Gasteiger partial charge in [-0.25, -0.2) is 4.79 Å². The molecule has 16 heavy (non-hydrogen) atoms. The van der Waals surface area contributed by atoms with Crippen LogP contribution in [-0.2, 0) is 11.3 Å². The monoisotopic (exact) mass is 217 g/mol. The van der Waals surface area contributed by atoms with Gasteiger partial charge >= 0.3 is 6.09 Å². The van der Waals surface area contributed by atoms with Gasteiger partial charge in [-0.15, -0.1) is 0 Å². The zero-order valence-corrected chi connectivity index (χ0v) is 9.35. The fraction of sp³-hybridized carbons (Fsp3) is 0.308. The van der Waals surface area contributed by atoms with Crippen molar-refractivity contribution in [1.82, 2.24) is 4.90 Å². The Kier molecular flexibility index (Phi) is 3.25. The maximum atomic E-state index is 11.5. The largest absolute Gasteiger partial charge is 0.415 e. The topological polar surface area (TPSA) is 29.5 Å². The number of carbonyl (C=O) groups excluding carboxylic acids is 1. The number of rotatable bonds is 3. The number of nitrogens with zero attached hydrogens (tertiary/aromatic N) is 1. The molecule has 1 aromatic rings. The Balaban J connectivity index is 2.02. The number of hydrogen-bond acceptors (Lipinski definition) is 2. The molecule has 2 rings (SSSR count). The molecule has 84 valence electrons. The molecule has 3 nitrogen and oxygen atoms in total. The molecule has 0 N–H and O–H groups in total. The number of benzene rings is 1. The van der Waals surface area contributed by atoms with Crippen LogP contribution in [0.3, 0.4) is 0 Å². The Morgan fingerprint density at radius 2 is 2.12 bits per heavy atom. The third-order valence-electron chi connectivity index (χ3n) is 2.47. The smallest absolute Gasteiger partial charge is 0.413 e. The molecule has 1 aliphatic heterocycles. The molecule has 1 aliphatic rings. The third-order valence-corrected chi connectivity index (χ3v) is 2.47. The first-order chi connectivity index (χ1) is 7.79. The molecular formula is C13H15NO2. The lowest BCUT2D eigenvalue weighted by Crippen LogP contribution is -2.23. The predicted octanol–water partition coefficient (Wildman–Crippen LogP) is 2.93. The minimum Gasteiger partial charge on any atom is -0.413 e. The van der Waals surface area contributed by atoms with Crippen LogP contribution in [0, 0.1) is 0 Å². The fourth-order valence-corrected chi connectivity index (χ4v) is 1.72. The van der Waals surface area contributed by atoms with Crippen LogP contribution in [0.25, 0.3) is 0 Å². The van der Waals surface area contributed by atoms with Crippen LogP contribution in [0.5, 0.6) is 0 Å². The number of ether oxygens (including phenoxy) is 1. The standard InChI is InChI=1S/C13H15NO2/c1-2-6-12-10-14(13(15)16-12)9-11-7-4-3-5-8-11/h3-8H,2,9-10H2,1H3/b12-6-. The van der Waals surface area contributed by atoms with Gasteiger partial charge < -0.3 is 4.74 Å². The van der Waals surface area contributed by atoms with E-state index in [0.29, 0.717) is 13.1 Å². The van der Waals surface area contributed by atoms with Crippen LogP contribution in [0.4, 0.5) is 4.79 Å². The van der Waals surface area contributed by atoms with Crippen LogP contribution >= 0.6 is 0 Å². The molecule has 3 heteroatoms. The number of amides is 1. The highest BCUT2D eigenvalue weighted by molar-refractivity contribution is 5.72. The molecule has 1 heterocycles. The van der Waals surface area contributed by atoms with Gasteiger partial charge in [0.05, 0.1) is 6.54 Å². The van der Waals surface area contributed by atoms with Crippen molar-refractivity contribution in [2.45, 2.75) is 19.9 Å². The van der Waals surface area contributed by atoms with Crippen molar-refractivity contribution in [3.8, 4) is 0 Å². The first kappa shape index (κ1) is 10.7. The molecule has 0 aliphatic carbocycles. The van der Waals surface area contributed by atoms with Crippen LogP contribution < -0.4 is 0 Å². The summed E-state index contributed by atoms with van der Waals surface area (Å²) in [4.78, 5) is 13.2. The van der Waals surface area contributed by atoms with E-state index in [1.165, 1.54) is 0 Å². The summed E-state index contributed by atoms with van der Waals surface area (Å²) in [5, 5.41) is 0. The number of allylic oxidation sites excluding steroid dienone is 1. The summed E-state index contributed by atoms with van der Waals surface area (Å²) in [6.45, 7) is 3.23. The van der Waals surface area contributed by atoms with E-state index >= 15 is 0 Å². The minimum atomic E-state index is -0.247. The van der Waals surface area contributed by atoms with Gasteiger partial charge in [0, 0.05) is 6.54 Å². The van der Waals surface area contributed by atoms with Gasteiger partial charge in [0.1, 0.15) is 5.76 Å². The van der Waals surface area contributed by atoms with Gasteiger partial charge in [-0.2, -0.15) is 0 Å². The lowest BCUT2D eigenvalue weighted by molar-refractivity contribution is 0.167. The first-order valence-corrected chi connectivity index (χ1v) is 5.49. The van der Waals surface area contributed by atoms with Crippen molar-refractivity contribution in [1.29, 1.82) is 0 Å². The molecule has 0 saturated carbocycles. The van der Waals surface area contributed by atoms with E-state index in [2.05, 4.69) is 0 Å². The van der Waals surface area contributed by atoms with Gasteiger partial charge in [-0.05, 0) is 18.1 Å². The SMILES string of the molecule is CC/C=C1/CN(Cc2ccccc2)C(=O)O1. The zero-order chi connectivity index (χ0) is 11.4. The second kappa shape index (κ2) is 4.84. The van der Waals surface area contributed by atoms with E-state index < -0.39 is 0 Å². The van der Waals surface area contributed by atoms with E-state index in [9.17, 15) is 4.79 Å². The van der Waals surface area contributed by atoms with E-state index in [4.69, 9.17) is 4.74 Å². The second-order valence-electron chi connectivity index (χ2n) is 3.79. The van der Waals surface area contributed by atoms with Crippen molar-refractivity contribution in [3.63, 3.8) is 0 Å². The van der Waals surface area contributed by atoms with Crippen molar-refractivity contribution >= 4 is 6.09 Å². The average Bonchev–Trinajstić information content (AvgIpc) is 2.61. The normalized spacial score (nSPS) is 17.9. The van der Waals surface area contributed by atoms with Gasteiger partial charge in [0.2, 0.25) is 0 Å². The molecule has 1 aromatic carbocycles. The predicted molar refractivity (Wildman–Crippen MR) is 61.7 cm³/mol. The van der Waals surface area contributed by atoms with Crippen LogP contribution in [-0.4, -0.2) is 17.5 Å². The number of cyclic esters (lactones) is 1. The summed E-state index contributed by atoms with van der Waals surface area (Å²) in [7, 11) is 0. The fourth-order valence-electron chi connectivity index (χ4n) is 1.72. The Morgan fingerprint density at radius 3 is 2.81 bits per heavy atom. The van der Waals surface area contributed by atoms with Gasteiger partial charge in [-0.1, -0.05) is 37.3 Å². The van der Waals surface area contributed by atoms with Gasteiger partial charge in [-0.3, -0.25) is 4.90 Å². The van der Waals surface area contributed by atoms with E-state index in [1.54, 1.807) is 4.90 Å². The molecule has 1 saturated heterocycles. The highest BCUT2D eigenvalue weighted by Gasteiger charge is 2.26. The lowest BCUT2D eigenvalue weighted by atomic mass is 10.2. The highest BCUT2D eigenvalue weighted by Crippen LogP contribution is 2.17. The third kappa shape index (κ3) is 2.42. The molecule has 0 bridgehead atoms. The summed E-state index contributed by atoms with van der Waals surface area (Å²) in [6, 6.07) is 9.93. The minimum absolute atomic E-state index is 0.247. The summed E-state index contributed by atoms with van der Waals surface area (Å²) in [6.07, 6.45) is 2.59. The van der Waals surface area contributed by atoms with E-state index in [1.807, 2.05) is 43.3 Å². The van der Waals surface area contributed by atoms with Crippen molar-refractivity contribution < 1.29 is 9.53 Å². The average molecular weight is 217 g/mol. The summed E-state index contributed by atoms with van der Waals surface area (Å²) >= 11 is 0. The molecule has 0 atom stereocenters. The Morgan fingerprint density at radius 1 is 1.38 bits per heavy atom. The van der Waals surface area contributed by atoms with Crippen molar-refractivity contribution in [2.24, 2.45) is 0 Å². The number of carbonyl (C=O) groups is 1. The molecule has 1 amide bonds. The Hall–Kier alpha value is -1.77. The van der Waals surface area contributed by atoms with Crippen molar-refractivity contribution in [2.75, 3.05) is 6.54 Å². The molecule has 0 radical (unpaired) electrons. The molecule has 0 spiro atoms. The van der Waals surface area contributed by atoms with Gasteiger partial charge in [0.25, 0.3) is 0 Å². The Labute approximate surface area is 95.3 Å². The van der Waals surface area contributed by atoms with Crippen LogP contribution in [0.15, 0.2) is 42.2 Å². The van der Waals surface area contributed by atoms with E-state index in [0.717, 1.165) is 17.7 Å². The molecule has 1 fully saturated rings.